The first kappa shape index (κ1) is 21.1. The number of ether oxygens (including phenoxy) is 2. The van der Waals surface area contributed by atoms with E-state index in [0.717, 1.165) is 17.7 Å². The molecule has 0 heterocycles. The average Bonchev–Trinajstić information content (AvgIpc) is 2.66. The zero-order valence-corrected chi connectivity index (χ0v) is 17.1. The highest BCUT2D eigenvalue weighted by molar-refractivity contribution is 6.30. The van der Waals surface area contributed by atoms with Gasteiger partial charge >= 0.3 is 0 Å². The van der Waals surface area contributed by atoms with Crippen molar-refractivity contribution in [3.05, 3.63) is 59.1 Å². The Bertz CT molecular complexity index is 713. The molecule has 1 N–H and O–H groups in total. The number of carbonyl (C=O) groups is 1. The smallest absolute Gasteiger partial charge is 0.261 e. The standard InChI is InChI=1S/C22H28ClNO3/c1-5-21(27-19-12-8-17(23)9-13-19)22(25)24-20(14-15(2)3)16-6-10-18(26-4)11-7-16/h6-13,15,20-21H,5,14H2,1-4H3,(H,24,25)/t20-,21+/m0/s1. The molecule has 0 saturated heterocycles. The largest absolute Gasteiger partial charge is 0.497 e. The fourth-order valence-electron chi connectivity index (χ4n) is 2.85. The van der Waals surface area contributed by atoms with Gasteiger partial charge in [-0.25, -0.2) is 0 Å². The molecule has 2 aromatic carbocycles. The van der Waals surface area contributed by atoms with Crippen LogP contribution >= 0.6 is 11.6 Å². The van der Waals surface area contributed by atoms with Gasteiger partial charge in [0, 0.05) is 5.02 Å². The summed E-state index contributed by atoms with van der Waals surface area (Å²) in [7, 11) is 1.64. The first-order chi connectivity index (χ1) is 12.9. The van der Waals surface area contributed by atoms with Crippen molar-refractivity contribution in [1.82, 2.24) is 5.32 Å². The van der Waals surface area contributed by atoms with E-state index in [1.807, 2.05) is 31.2 Å². The molecule has 0 fully saturated rings. The highest BCUT2D eigenvalue weighted by Gasteiger charge is 2.23. The van der Waals surface area contributed by atoms with Crippen LogP contribution in [0, 0.1) is 5.92 Å². The Kier molecular flexibility index (Phi) is 7.99. The molecular weight excluding hydrogens is 362 g/mol. The lowest BCUT2D eigenvalue weighted by molar-refractivity contribution is -0.129. The first-order valence-electron chi connectivity index (χ1n) is 9.29. The van der Waals surface area contributed by atoms with Crippen molar-refractivity contribution in [3.63, 3.8) is 0 Å². The predicted molar refractivity (Wildman–Crippen MR) is 109 cm³/mol. The molecule has 4 nitrogen and oxygen atoms in total. The molecule has 0 aliphatic carbocycles. The van der Waals surface area contributed by atoms with Crippen molar-refractivity contribution < 1.29 is 14.3 Å². The van der Waals surface area contributed by atoms with Crippen molar-refractivity contribution >= 4 is 17.5 Å². The Labute approximate surface area is 166 Å². The lowest BCUT2D eigenvalue weighted by atomic mass is 9.96. The van der Waals surface area contributed by atoms with E-state index in [0.29, 0.717) is 23.1 Å². The maximum Gasteiger partial charge on any atom is 0.261 e. The molecule has 0 bridgehead atoms. The fraction of sp³-hybridized carbons (Fsp3) is 0.409. The number of hydrogen-bond donors (Lipinski definition) is 1. The van der Waals surface area contributed by atoms with E-state index in [4.69, 9.17) is 21.1 Å². The number of benzene rings is 2. The monoisotopic (exact) mass is 389 g/mol. The van der Waals surface area contributed by atoms with E-state index in [1.165, 1.54) is 0 Å². The second kappa shape index (κ2) is 10.2. The third kappa shape index (κ3) is 6.47. The van der Waals surface area contributed by atoms with Gasteiger partial charge in [0.15, 0.2) is 6.10 Å². The van der Waals surface area contributed by atoms with Crippen molar-refractivity contribution in [3.8, 4) is 11.5 Å². The zero-order valence-electron chi connectivity index (χ0n) is 16.4. The van der Waals surface area contributed by atoms with Gasteiger partial charge in [-0.3, -0.25) is 4.79 Å². The lowest BCUT2D eigenvalue weighted by Crippen LogP contribution is -2.40. The van der Waals surface area contributed by atoms with E-state index >= 15 is 0 Å². The third-order valence-electron chi connectivity index (χ3n) is 4.30. The molecule has 0 saturated carbocycles. The second-order valence-electron chi connectivity index (χ2n) is 6.93. The van der Waals surface area contributed by atoms with Crippen LogP contribution in [0.2, 0.25) is 5.02 Å². The minimum absolute atomic E-state index is 0.0775. The van der Waals surface area contributed by atoms with Crippen LogP contribution in [0.3, 0.4) is 0 Å². The number of amides is 1. The molecular formula is C22H28ClNO3. The molecule has 2 rings (SSSR count). The Hall–Kier alpha value is -2.20. The predicted octanol–water partition coefficient (Wildman–Crippen LogP) is 5.41. The summed E-state index contributed by atoms with van der Waals surface area (Å²) >= 11 is 5.91. The van der Waals surface area contributed by atoms with Gasteiger partial charge in [0.1, 0.15) is 11.5 Å². The Morgan fingerprint density at radius 3 is 2.15 bits per heavy atom. The Morgan fingerprint density at radius 2 is 1.63 bits per heavy atom. The fourth-order valence-corrected chi connectivity index (χ4v) is 2.98. The van der Waals surface area contributed by atoms with E-state index in [-0.39, 0.29) is 11.9 Å². The number of halogens is 1. The molecule has 27 heavy (non-hydrogen) atoms. The zero-order chi connectivity index (χ0) is 19.8. The van der Waals surface area contributed by atoms with Gasteiger partial charge in [-0.15, -0.1) is 0 Å². The minimum atomic E-state index is -0.556. The van der Waals surface area contributed by atoms with Crippen LogP contribution in [0.4, 0.5) is 0 Å². The number of nitrogens with one attached hydrogen (secondary N) is 1. The summed E-state index contributed by atoms with van der Waals surface area (Å²) in [6.07, 6.45) is 0.861. The van der Waals surface area contributed by atoms with Gasteiger partial charge in [0.05, 0.1) is 13.2 Å². The normalized spacial score (nSPS) is 13.1. The van der Waals surface area contributed by atoms with Crippen LogP contribution < -0.4 is 14.8 Å². The van der Waals surface area contributed by atoms with Crippen molar-refractivity contribution in [2.24, 2.45) is 5.92 Å². The van der Waals surface area contributed by atoms with Crippen LogP contribution in [0.25, 0.3) is 0 Å². The Balaban J connectivity index is 2.10. The van der Waals surface area contributed by atoms with E-state index in [9.17, 15) is 4.79 Å². The third-order valence-corrected chi connectivity index (χ3v) is 4.55. The molecule has 1 amide bonds. The van der Waals surface area contributed by atoms with E-state index < -0.39 is 6.10 Å². The second-order valence-corrected chi connectivity index (χ2v) is 7.37. The summed E-state index contributed by atoms with van der Waals surface area (Å²) < 4.78 is 11.1. The molecule has 0 spiro atoms. The summed E-state index contributed by atoms with van der Waals surface area (Å²) in [5.74, 6) is 1.75. The summed E-state index contributed by atoms with van der Waals surface area (Å²) in [4.78, 5) is 12.8. The van der Waals surface area contributed by atoms with Gasteiger partial charge in [-0.1, -0.05) is 44.5 Å². The average molecular weight is 390 g/mol. The van der Waals surface area contributed by atoms with Gasteiger partial charge in [-0.2, -0.15) is 0 Å². The van der Waals surface area contributed by atoms with Crippen LogP contribution in [0.5, 0.6) is 11.5 Å². The highest BCUT2D eigenvalue weighted by Crippen LogP contribution is 2.24. The van der Waals surface area contributed by atoms with Gasteiger partial charge in [0.25, 0.3) is 5.91 Å². The van der Waals surface area contributed by atoms with Crippen LogP contribution in [-0.2, 0) is 4.79 Å². The Morgan fingerprint density at radius 1 is 1.04 bits per heavy atom. The SMILES string of the molecule is CC[C@@H](Oc1ccc(Cl)cc1)C(=O)N[C@@H](CC(C)C)c1ccc(OC)cc1. The van der Waals surface area contributed by atoms with Crippen molar-refractivity contribution in [2.75, 3.05) is 7.11 Å². The molecule has 0 radical (unpaired) electrons. The number of hydrogen-bond acceptors (Lipinski definition) is 3. The number of methoxy groups -OCH3 is 1. The van der Waals surface area contributed by atoms with Gasteiger partial charge < -0.3 is 14.8 Å². The summed E-state index contributed by atoms with van der Waals surface area (Å²) in [6.45, 7) is 6.22. The van der Waals surface area contributed by atoms with Crippen LogP contribution in [-0.4, -0.2) is 19.1 Å². The quantitative estimate of drug-likeness (QED) is 0.623. The van der Waals surface area contributed by atoms with E-state index in [1.54, 1.807) is 31.4 Å². The van der Waals surface area contributed by atoms with E-state index in [2.05, 4.69) is 19.2 Å². The van der Waals surface area contributed by atoms with Crippen LogP contribution in [0.15, 0.2) is 48.5 Å². The lowest BCUT2D eigenvalue weighted by Gasteiger charge is -2.24. The van der Waals surface area contributed by atoms with Gasteiger partial charge in [0.2, 0.25) is 0 Å². The summed E-state index contributed by atoms with van der Waals surface area (Å²) in [5.41, 5.74) is 1.05. The number of rotatable bonds is 9. The molecule has 0 aliphatic heterocycles. The molecule has 0 aliphatic rings. The minimum Gasteiger partial charge on any atom is -0.497 e. The molecule has 0 unspecified atom stereocenters. The molecule has 146 valence electrons. The molecule has 0 aromatic heterocycles. The molecule has 2 aromatic rings. The van der Waals surface area contributed by atoms with Crippen molar-refractivity contribution in [2.45, 2.75) is 45.8 Å². The highest BCUT2D eigenvalue weighted by atomic mass is 35.5. The topological polar surface area (TPSA) is 47.6 Å². The number of carbonyl (C=O) groups excluding carboxylic acids is 1. The molecule has 5 heteroatoms. The van der Waals surface area contributed by atoms with Crippen molar-refractivity contribution in [1.29, 1.82) is 0 Å². The summed E-state index contributed by atoms with van der Waals surface area (Å²) in [5, 5.41) is 3.79. The van der Waals surface area contributed by atoms with Crippen LogP contribution in [0.1, 0.15) is 45.2 Å². The first-order valence-corrected chi connectivity index (χ1v) is 9.67. The maximum atomic E-state index is 12.8. The summed E-state index contributed by atoms with van der Waals surface area (Å²) in [6, 6.07) is 14.8. The maximum absolute atomic E-state index is 12.8. The van der Waals surface area contributed by atoms with Gasteiger partial charge in [-0.05, 0) is 60.7 Å². The molecule has 2 atom stereocenters.